The lowest BCUT2D eigenvalue weighted by Gasteiger charge is -2.16. The molecule has 150 valence electrons. The molecule has 0 aromatic carbocycles. The average molecular weight is 438 g/mol. The molecule has 2 nitrogen and oxygen atoms in total. The quantitative estimate of drug-likeness (QED) is 0.119. The van der Waals surface area contributed by atoms with Gasteiger partial charge in [0.2, 0.25) is 0 Å². The summed E-state index contributed by atoms with van der Waals surface area (Å²) in [6.45, 7) is 5.07. The lowest BCUT2D eigenvalue weighted by atomic mass is 10.1. The van der Waals surface area contributed by atoms with E-state index < -0.39 is 0 Å². The van der Waals surface area contributed by atoms with Gasteiger partial charge in [0, 0.05) is 5.33 Å². The number of rotatable bonds is 19. The molecule has 0 heterocycles. The summed E-state index contributed by atoms with van der Waals surface area (Å²) in [5.74, 6) is 1.13. The minimum atomic E-state index is 0.0375. The summed E-state index contributed by atoms with van der Waals surface area (Å²) in [6, 6.07) is 0. The molecule has 0 bridgehead atoms. The number of ether oxygens (including phenoxy) is 1. The molecule has 0 aliphatic carbocycles. The number of thioether (sulfide) groups is 1. The van der Waals surface area contributed by atoms with Gasteiger partial charge in [-0.05, 0) is 31.4 Å². The van der Waals surface area contributed by atoms with Crippen LogP contribution in [0.3, 0.4) is 0 Å². The molecule has 1 unspecified atom stereocenters. The van der Waals surface area contributed by atoms with Crippen molar-refractivity contribution in [2.45, 2.75) is 109 Å². The van der Waals surface area contributed by atoms with Crippen molar-refractivity contribution >= 4 is 33.7 Å². The van der Waals surface area contributed by atoms with E-state index in [1.165, 1.54) is 64.2 Å². The molecule has 0 aliphatic rings. The number of carbonyl (C=O) groups is 1. The topological polar surface area (TPSA) is 26.3 Å². The maximum absolute atomic E-state index is 12.4. The van der Waals surface area contributed by atoms with Crippen LogP contribution in [0, 0.1) is 0 Å². The highest BCUT2D eigenvalue weighted by molar-refractivity contribution is 9.09. The highest BCUT2D eigenvalue weighted by Gasteiger charge is 2.19. The first-order chi connectivity index (χ1) is 12.3. The zero-order chi connectivity index (χ0) is 18.6. The molecular weight excluding hydrogens is 396 g/mol. The van der Waals surface area contributed by atoms with Crippen LogP contribution in [0.2, 0.25) is 0 Å². The Morgan fingerprint density at radius 3 is 2.16 bits per heavy atom. The first kappa shape index (κ1) is 25.3. The third kappa shape index (κ3) is 17.5. The summed E-state index contributed by atoms with van der Waals surface area (Å²) in [5, 5.41) is 1.13. The maximum atomic E-state index is 12.4. The Morgan fingerprint density at radius 2 is 1.44 bits per heavy atom. The van der Waals surface area contributed by atoms with Gasteiger partial charge in [-0.1, -0.05) is 94.0 Å². The monoisotopic (exact) mass is 436 g/mol. The molecule has 0 fully saturated rings. The Labute approximate surface area is 169 Å². The van der Waals surface area contributed by atoms with Crippen molar-refractivity contribution in [3.8, 4) is 0 Å². The van der Waals surface area contributed by atoms with E-state index in [1.807, 2.05) is 11.8 Å². The van der Waals surface area contributed by atoms with Crippen molar-refractivity contribution in [3.05, 3.63) is 0 Å². The van der Waals surface area contributed by atoms with Gasteiger partial charge in [0.1, 0.15) is 5.25 Å². The SMILES string of the molecule is CCCCCCCCC(SCCCCC)C(=O)OCCCCCCBr. The Morgan fingerprint density at radius 1 is 0.840 bits per heavy atom. The lowest BCUT2D eigenvalue weighted by molar-refractivity contribution is -0.143. The summed E-state index contributed by atoms with van der Waals surface area (Å²) in [7, 11) is 0. The smallest absolute Gasteiger partial charge is 0.319 e. The van der Waals surface area contributed by atoms with E-state index in [0.29, 0.717) is 6.61 Å². The number of unbranched alkanes of at least 4 members (excludes halogenated alkanes) is 10. The molecular formula is C21H41BrO2S. The van der Waals surface area contributed by atoms with Gasteiger partial charge >= 0.3 is 5.97 Å². The Balaban J connectivity index is 3.97. The molecule has 0 saturated heterocycles. The van der Waals surface area contributed by atoms with Crippen LogP contribution in [0.1, 0.15) is 104 Å². The Kier molecular flexibility index (Phi) is 20.9. The summed E-state index contributed by atoms with van der Waals surface area (Å²) < 4.78 is 5.57. The van der Waals surface area contributed by atoms with Crippen LogP contribution in [0.4, 0.5) is 0 Å². The number of carbonyl (C=O) groups excluding carboxylic acids is 1. The minimum Gasteiger partial charge on any atom is -0.465 e. The van der Waals surface area contributed by atoms with Gasteiger partial charge < -0.3 is 4.74 Å². The van der Waals surface area contributed by atoms with Gasteiger partial charge in [-0.25, -0.2) is 0 Å². The second-order valence-corrected chi connectivity index (χ2v) is 9.00. The van der Waals surface area contributed by atoms with Gasteiger partial charge in [0.25, 0.3) is 0 Å². The van der Waals surface area contributed by atoms with Crippen molar-refractivity contribution < 1.29 is 9.53 Å². The standard InChI is InChI=1S/C21H41BrO2S/c1-3-5-7-8-9-12-16-20(25-19-15-6-4-2)21(23)24-18-14-11-10-13-17-22/h20H,3-19H2,1-2H3. The molecule has 25 heavy (non-hydrogen) atoms. The predicted octanol–water partition coefficient (Wildman–Crippen LogP) is 7.53. The predicted molar refractivity (Wildman–Crippen MR) is 117 cm³/mol. The molecule has 4 heteroatoms. The number of esters is 1. The molecule has 0 rings (SSSR count). The van der Waals surface area contributed by atoms with E-state index in [1.54, 1.807) is 0 Å². The molecule has 0 aliphatic heterocycles. The zero-order valence-corrected chi connectivity index (χ0v) is 19.1. The van der Waals surface area contributed by atoms with Gasteiger partial charge in [0.05, 0.1) is 6.61 Å². The van der Waals surface area contributed by atoms with Crippen molar-refractivity contribution in [1.82, 2.24) is 0 Å². The van der Waals surface area contributed by atoms with E-state index in [4.69, 9.17) is 4.74 Å². The fourth-order valence-electron chi connectivity index (χ4n) is 2.77. The molecule has 0 amide bonds. The van der Waals surface area contributed by atoms with Gasteiger partial charge in [-0.2, -0.15) is 0 Å². The van der Waals surface area contributed by atoms with E-state index in [9.17, 15) is 4.79 Å². The molecule has 0 aromatic heterocycles. The summed E-state index contributed by atoms with van der Waals surface area (Å²) in [4.78, 5) is 12.4. The van der Waals surface area contributed by atoms with E-state index in [0.717, 1.165) is 36.8 Å². The van der Waals surface area contributed by atoms with Gasteiger partial charge in [-0.15, -0.1) is 11.8 Å². The normalized spacial score (nSPS) is 12.3. The maximum Gasteiger partial charge on any atom is 0.319 e. The third-order valence-electron chi connectivity index (χ3n) is 4.42. The van der Waals surface area contributed by atoms with E-state index in [-0.39, 0.29) is 11.2 Å². The zero-order valence-electron chi connectivity index (χ0n) is 16.7. The minimum absolute atomic E-state index is 0.0375. The lowest BCUT2D eigenvalue weighted by Crippen LogP contribution is -2.21. The van der Waals surface area contributed by atoms with Crippen LogP contribution >= 0.6 is 27.7 Å². The molecule has 0 spiro atoms. The molecule has 0 N–H and O–H groups in total. The fraction of sp³-hybridized carbons (Fsp3) is 0.952. The number of alkyl halides is 1. The van der Waals surface area contributed by atoms with Crippen LogP contribution in [0.15, 0.2) is 0 Å². The van der Waals surface area contributed by atoms with Crippen molar-refractivity contribution in [2.24, 2.45) is 0 Å². The molecule has 1 atom stereocenters. The van der Waals surface area contributed by atoms with Crippen LogP contribution in [0.25, 0.3) is 0 Å². The molecule has 0 radical (unpaired) electrons. The largest absolute Gasteiger partial charge is 0.465 e. The van der Waals surface area contributed by atoms with Crippen LogP contribution < -0.4 is 0 Å². The van der Waals surface area contributed by atoms with Gasteiger partial charge in [-0.3, -0.25) is 4.79 Å². The molecule has 0 saturated carbocycles. The summed E-state index contributed by atoms with van der Waals surface area (Å²) >= 11 is 5.28. The first-order valence-electron chi connectivity index (χ1n) is 10.6. The van der Waals surface area contributed by atoms with Crippen molar-refractivity contribution in [3.63, 3.8) is 0 Å². The van der Waals surface area contributed by atoms with Crippen molar-refractivity contribution in [1.29, 1.82) is 0 Å². The second kappa shape index (κ2) is 20.6. The number of hydrogen-bond donors (Lipinski definition) is 0. The summed E-state index contributed by atoms with van der Waals surface area (Å²) in [5.41, 5.74) is 0. The van der Waals surface area contributed by atoms with Gasteiger partial charge in [0.15, 0.2) is 0 Å². The van der Waals surface area contributed by atoms with E-state index in [2.05, 4.69) is 29.8 Å². The van der Waals surface area contributed by atoms with Crippen LogP contribution in [0.5, 0.6) is 0 Å². The van der Waals surface area contributed by atoms with E-state index >= 15 is 0 Å². The second-order valence-electron chi connectivity index (χ2n) is 6.89. The summed E-state index contributed by atoms with van der Waals surface area (Å²) in [6.07, 6.45) is 17.0. The first-order valence-corrected chi connectivity index (χ1v) is 12.8. The van der Waals surface area contributed by atoms with Crippen LogP contribution in [-0.4, -0.2) is 28.9 Å². The average Bonchev–Trinajstić information content (AvgIpc) is 2.62. The highest BCUT2D eigenvalue weighted by Crippen LogP contribution is 2.22. The number of hydrogen-bond acceptors (Lipinski definition) is 3. The van der Waals surface area contributed by atoms with Crippen LogP contribution in [-0.2, 0) is 9.53 Å². The number of halogens is 1. The molecule has 0 aromatic rings. The Hall–Kier alpha value is 0.300. The highest BCUT2D eigenvalue weighted by atomic mass is 79.9. The van der Waals surface area contributed by atoms with Crippen molar-refractivity contribution in [2.75, 3.05) is 17.7 Å². The fourth-order valence-corrected chi connectivity index (χ4v) is 4.36. The Bertz CT molecular complexity index is 287. The third-order valence-corrected chi connectivity index (χ3v) is 6.34.